The first-order valence-electron chi connectivity index (χ1n) is 11.4. The molecule has 0 radical (unpaired) electrons. The monoisotopic (exact) mass is 451 g/mol. The molecule has 0 aliphatic carbocycles. The van der Waals surface area contributed by atoms with E-state index in [9.17, 15) is 5.11 Å². The Labute approximate surface area is 195 Å². The minimum absolute atomic E-state index is 0.472. The van der Waals surface area contributed by atoms with Crippen molar-refractivity contribution in [1.82, 2.24) is 14.8 Å². The third kappa shape index (κ3) is 6.42. The Bertz CT molecular complexity index is 1020. The minimum atomic E-state index is -0.472. The lowest BCUT2D eigenvalue weighted by Gasteiger charge is -2.31. The van der Waals surface area contributed by atoms with Crippen LogP contribution in [0, 0.1) is 0 Å². The lowest BCUT2D eigenvalue weighted by Crippen LogP contribution is -2.44. The van der Waals surface area contributed by atoms with Crippen LogP contribution in [0.25, 0.3) is 10.9 Å². The van der Waals surface area contributed by atoms with Crippen LogP contribution in [0.3, 0.4) is 0 Å². The van der Waals surface area contributed by atoms with Crippen molar-refractivity contribution in [3.63, 3.8) is 0 Å². The van der Waals surface area contributed by atoms with Crippen molar-refractivity contribution in [3.8, 4) is 11.6 Å². The molecule has 4 rings (SSSR count). The number of ether oxygens (including phenoxy) is 3. The number of para-hydroxylation sites is 1. The number of benzene rings is 2. The van der Waals surface area contributed by atoms with Crippen molar-refractivity contribution in [3.05, 3.63) is 65.7 Å². The molecule has 0 amide bonds. The van der Waals surface area contributed by atoms with Crippen LogP contribution in [0.5, 0.6) is 11.6 Å². The van der Waals surface area contributed by atoms with Gasteiger partial charge in [0.15, 0.2) is 0 Å². The predicted molar refractivity (Wildman–Crippen MR) is 129 cm³/mol. The topological polar surface area (TPSA) is 67.3 Å². The average molecular weight is 452 g/mol. The molecule has 1 N–H and O–H groups in total. The lowest BCUT2D eigenvalue weighted by molar-refractivity contribution is 0.00550. The van der Waals surface area contributed by atoms with Gasteiger partial charge in [-0.15, -0.1) is 0 Å². The molecule has 33 heavy (non-hydrogen) atoms. The van der Waals surface area contributed by atoms with E-state index >= 15 is 0 Å². The molecule has 1 saturated heterocycles. The van der Waals surface area contributed by atoms with E-state index < -0.39 is 6.10 Å². The summed E-state index contributed by atoms with van der Waals surface area (Å²) >= 11 is 0. The normalized spacial score (nSPS) is 15.6. The van der Waals surface area contributed by atoms with Gasteiger partial charge >= 0.3 is 0 Å². The highest BCUT2D eigenvalue weighted by Crippen LogP contribution is 2.24. The summed E-state index contributed by atoms with van der Waals surface area (Å²) in [7, 11) is 3.32. The van der Waals surface area contributed by atoms with Crippen LogP contribution >= 0.6 is 0 Å². The number of hydrogen-bond acceptors (Lipinski definition) is 7. The largest absolute Gasteiger partial charge is 0.497 e. The highest BCUT2D eigenvalue weighted by Gasteiger charge is 2.20. The number of aliphatic hydroxyl groups is 1. The van der Waals surface area contributed by atoms with Crippen LogP contribution in [0.15, 0.2) is 54.6 Å². The first-order chi connectivity index (χ1) is 16.1. The number of fused-ring (bicyclic) bond motifs is 1. The molecule has 1 aromatic heterocycles. The fourth-order valence-electron chi connectivity index (χ4n) is 4.28. The van der Waals surface area contributed by atoms with Gasteiger partial charge in [-0.3, -0.25) is 9.80 Å². The third-order valence-corrected chi connectivity index (χ3v) is 5.96. The number of pyridine rings is 1. The van der Waals surface area contributed by atoms with E-state index in [0.29, 0.717) is 32.1 Å². The maximum absolute atomic E-state index is 10.9. The molecule has 7 nitrogen and oxygen atoms in total. The Kier molecular flexibility index (Phi) is 8.12. The quantitative estimate of drug-likeness (QED) is 0.508. The number of nitrogens with zero attached hydrogens (tertiary/aromatic N) is 3. The first kappa shape index (κ1) is 23.4. The van der Waals surface area contributed by atoms with Crippen molar-refractivity contribution in [2.75, 3.05) is 53.6 Å². The van der Waals surface area contributed by atoms with Crippen LogP contribution in [-0.2, 0) is 17.8 Å². The Hall–Kier alpha value is -2.71. The Balaban J connectivity index is 1.53. The zero-order chi connectivity index (χ0) is 23.0. The van der Waals surface area contributed by atoms with E-state index in [1.54, 1.807) is 14.2 Å². The third-order valence-electron chi connectivity index (χ3n) is 5.96. The Morgan fingerprint density at radius 1 is 1.03 bits per heavy atom. The van der Waals surface area contributed by atoms with E-state index in [1.165, 1.54) is 0 Å². The zero-order valence-corrected chi connectivity index (χ0v) is 19.4. The van der Waals surface area contributed by atoms with Gasteiger partial charge in [-0.1, -0.05) is 30.3 Å². The van der Waals surface area contributed by atoms with E-state index in [-0.39, 0.29) is 0 Å². The molecule has 0 spiro atoms. The van der Waals surface area contributed by atoms with Crippen LogP contribution < -0.4 is 9.47 Å². The van der Waals surface area contributed by atoms with Crippen LogP contribution in [0.4, 0.5) is 0 Å². The Morgan fingerprint density at radius 3 is 2.52 bits per heavy atom. The summed E-state index contributed by atoms with van der Waals surface area (Å²) in [5, 5.41) is 12.0. The van der Waals surface area contributed by atoms with Crippen LogP contribution in [0.1, 0.15) is 11.1 Å². The minimum Gasteiger partial charge on any atom is -0.497 e. The van der Waals surface area contributed by atoms with Crippen LogP contribution in [-0.4, -0.2) is 79.6 Å². The number of morpholine rings is 1. The van der Waals surface area contributed by atoms with Crippen LogP contribution in [0.2, 0.25) is 0 Å². The standard InChI is InChI=1S/C26H33N3O4/c1-31-24-9-7-20(8-10-24)16-29(19-23(30)18-28-11-13-33-14-12-28)17-22-15-21-5-3-4-6-25(21)27-26(22)32-2/h3-10,15,23,30H,11-14,16-19H2,1-2H3. The maximum atomic E-state index is 10.9. The summed E-state index contributed by atoms with van der Waals surface area (Å²) < 4.78 is 16.4. The number of aromatic nitrogens is 1. The molecule has 2 heterocycles. The second kappa shape index (κ2) is 11.4. The first-order valence-corrected chi connectivity index (χ1v) is 11.4. The zero-order valence-electron chi connectivity index (χ0n) is 19.4. The number of hydrogen-bond donors (Lipinski definition) is 1. The molecule has 0 saturated carbocycles. The highest BCUT2D eigenvalue weighted by atomic mass is 16.5. The van der Waals surface area contributed by atoms with Gasteiger partial charge in [0, 0.05) is 50.2 Å². The molecule has 2 aromatic carbocycles. The van der Waals surface area contributed by atoms with E-state index in [0.717, 1.165) is 54.1 Å². The van der Waals surface area contributed by atoms with Gasteiger partial charge in [0.25, 0.3) is 0 Å². The average Bonchev–Trinajstić information content (AvgIpc) is 2.84. The molecule has 1 atom stereocenters. The van der Waals surface area contributed by atoms with Gasteiger partial charge in [-0.25, -0.2) is 4.98 Å². The van der Waals surface area contributed by atoms with Gasteiger partial charge in [0.05, 0.1) is 39.1 Å². The van der Waals surface area contributed by atoms with Gasteiger partial charge < -0.3 is 19.3 Å². The second-order valence-electron chi connectivity index (χ2n) is 8.43. The molecular weight excluding hydrogens is 418 g/mol. The second-order valence-corrected chi connectivity index (χ2v) is 8.43. The van der Waals surface area contributed by atoms with Crippen molar-refractivity contribution in [1.29, 1.82) is 0 Å². The van der Waals surface area contributed by atoms with E-state index in [4.69, 9.17) is 19.2 Å². The molecular formula is C26H33N3O4. The SMILES string of the molecule is COc1ccc(CN(Cc2cc3ccccc3nc2OC)CC(O)CN2CCOCC2)cc1. The Morgan fingerprint density at radius 2 is 1.79 bits per heavy atom. The fourth-order valence-corrected chi connectivity index (χ4v) is 4.28. The molecule has 0 bridgehead atoms. The summed E-state index contributed by atoms with van der Waals surface area (Å²) in [6.45, 7) is 5.66. The smallest absolute Gasteiger partial charge is 0.218 e. The molecule has 1 aliphatic heterocycles. The number of rotatable bonds is 10. The van der Waals surface area contributed by atoms with Gasteiger partial charge in [-0.2, -0.15) is 0 Å². The van der Waals surface area contributed by atoms with E-state index in [2.05, 4.69) is 34.1 Å². The van der Waals surface area contributed by atoms with Gasteiger partial charge in [-0.05, 0) is 29.8 Å². The number of methoxy groups -OCH3 is 2. The maximum Gasteiger partial charge on any atom is 0.218 e. The summed E-state index contributed by atoms with van der Waals surface area (Å²) in [5.41, 5.74) is 3.07. The summed E-state index contributed by atoms with van der Waals surface area (Å²) in [6.07, 6.45) is -0.472. The van der Waals surface area contributed by atoms with Crippen molar-refractivity contribution in [2.24, 2.45) is 0 Å². The number of β-amino-alcohol motifs (C(OH)–C–C–N with tert-alkyl or cyclic N) is 1. The van der Waals surface area contributed by atoms with E-state index in [1.807, 2.05) is 30.3 Å². The number of aliphatic hydroxyl groups excluding tert-OH is 1. The summed E-state index contributed by atoms with van der Waals surface area (Å²) in [5.74, 6) is 1.45. The molecule has 1 fully saturated rings. The molecule has 3 aromatic rings. The molecule has 1 unspecified atom stereocenters. The highest BCUT2D eigenvalue weighted by molar-refractivity contribution is 5.80. The van der Waals surface area contributed by atoms with Gasteiger partial charge in [0.1, 0.15) is 5.75 Å². The molecule has 7 heteroatoms. The van der Waals surface area contributed by atoms with Gasteiger partial charge in [0.2, 0.25) is 5.88 Å². The summed E-state index contributed by atoms with van der Waals surface area (Å²) in [6, 6.07) is 18.2. The predicted octanol–water partition coefficient (Wildman–Crippen LogP) is 2.95. The fraction of sp³-hybridized carbons (Fsp3) is 0.423. The molecule has 176 valence electrons. The lowest BCUT2D eigenvalue weighted by atomic mass is 10.1. The van der Waals surface area contributed by atoms with Crippen molar-refractivity contribution in [2.45, 2.75) is 19.2 Å². The van der Waals surface area contributed by atoms with Crippen molar-refractivity contribution < 1.29 is 19.3 Å². The molecule has 1 aliphatic rings. The van der Waals surface area contributed by atoms with Crippen molar-refractivity contribution >= 4 is 10.9 Å². The summed E-state index contributed by atoms with van der Waals surface area (Å²) in [4.78, 5) is 9.21.